The van der Waals surface area contributed by atoms with Crippen molar-refractivity contribution >= 4 is 29.9 Å². The molecule has 1 aromatic carbocycles. The summed E-state index contributed by atoms with van der Waals surface area (Å²) in [6, 6.07) is 9.92. The molecule has 2 rings (SSSR count). The van der Waals surface area contributed by atoms with Gasteiger partial charge in [0.1, 0.15) is 5.75 Å². The van der Waals surface area contributed by atoms with E-state index in [1.165, 1.54) is 0 Å². The van der Waals surface area contributed by atoms with Gasteiger partial charge in [0.05, 0.1) is 26.4 Å². The van der Waals surface area contributed by atoms with E-state index in [1.807, 2.05) is 30.3 Å². The maximum absolute atomic E-state index is 5.72. The molecule has 0 atom stereocenters. The smallest absolute Gasteiger partial charge is 0.191 e. The molecule has 1 fully saturated rings. The topological polar surface area (TPSA) is 58.1 Å². The number of guanidine groups is 1. The van der Waals surface area contributed by atoms with Gasteiger partial charge in [-0.2, -0.15) is 0 Å². The van der Waals surface area contributed by atoms with Crippen molar-refractivity contribution in [1.29, 1.82) is 0 Å². The molecule has 1 heterocycles. The largest absolute Gasteiger partial charge is 0.494 e. The molecule has 0 saturated carbocycles. The third-order valence-corrected chi connectivity index (χ3v) is 4.46. The van der Waals surface area contributed by atoms with E-state index >= 15 is 0 Å². The highest BCUT2D eigenvalue weighted by atomic mass is 127. The van der Waals surface area contributed by atoms with Crippen molar-refractivity contribution in [2.24, 2.45) is 4.99 Å². The molecule has 0 bridgehead atoms. The summed E-state index contributed by atoms with van der Waals surface area (Å²) in [4.78, 5) is 7.24. The van der Waals surface area contributed by atoms with Crippen molar-refractivity contribution in [3.63, 3.8) is 0 Å². The number of para-hydroxylation sites is 1. The zero-order valence-electron chi connectivity index (χ0n) is 16.9. The Morgan fingerprint density at radius 3 is 2.56 bits per heavy atom. The van der Waals surface area contributed by atoms with Crippen LogP contribution in [0.2, 0.25) is 0 Å². The Morgan fingerprint density at radius 1 is 1.19 bits per heavy atom. The summed E-state index contributed by atoms with van der Waals surface area (Å²) in [6.45, 7) is 13.3. The van der Waals surface area contributed by atoms with Crippen LogP contribution in [-0.4, -0.2) is 68.9 Å². The lowest BCUT2D eigenvalue weighted by atomic mass is 10.0. The standard InChI is InChI=1S/C20H34N4O2.HI/c1-4-21-19(22-11-8-14-26-18-9-6-5-7-10-18)23-17-20(2,3)24-12-15-25-16-13-24;/h5-7,9-10H,4,8,11-17H2,1-3H3,(H2,21,22,23);1H. The Kier molecular flexibility index (Phi) is 11.7. The Morgan fingerprint density at radius 2 is 1.89 bits per heavy atom. The molecule has 7 heteroatoms. The second-order valence-corrected chi connectivity index (χ2v) is 7.05. The number of nitrogens with zero attached hydrogens (tertiary/aromatic N) is 2. The Bertz CT molecular complexity index is 534. The molecular formula is C20H35IN4O2. The minimum absolute atomic E-state index is 0. The SMILES string of the molecule is CCNC(=NCC(C)(C)N1CCOCC1)NCCCOc1ccccc1.I. The fourth-order valence-electron chi connectivity index (χ4n) is 2.87. The fourth-order valence-corrected chi connectivity index (χ4v) is 2.87. The zero-order valence-corrected chi connectivity index (χ0v) is 19.2. The van der Waals surface area contributed by atoms with E-state index in [-0.39, 0.29) is 29.5 Å². The first-order chi connectivity index (χ1) is 12.6. The molecule has 154 valence electrons. The first-order valence-corrected chi connectivity index (χ1v) is 9.64. The van der Waals surface area contributed by atoms with Gasteiger partial charge in [-0.05, 0) is 39.3 Å². The molecule has 0 radical (unpaired) electrons. The van der Waals surface area contributed by atoms with Gasteiger partial charge >= 0.3 is 0 Å². The zero-order chi connectivity index (χ0) is 18.7. The average molecular weight is 490 g/mol. The number of aliphatic imine (C=N–C) groups is 1. The molecule has 0 spiro atoms. The lowest BCUT2D eigenvalue weighted by Gasteiger charge is -2.39. The third-order valence-electron chi connectivity index (χ3n) is 4.46. The monoisotopic (exact) mass is 490 g/mol. The molecule has 2 N–H and O–H groups in total. The van der Waals surface area contributed by atoms with Crippen molar-refractivity contribution in [2.75, 3.05) is 52.5 Å². The van der Waals surface area contributed by atoms with Crippen molar-refractivity contribution in [3.05, 3.63) is 30.3 Å². The van der Waals surface area contributed by atoms with Gasteiger partial charge < -0.3 is 20.1 Å². The summed E-state index contributed by atoms with van der Waals surface area (Å²) in [6.07, 6.45) is 0.923. The number of ether oxygens (including phenoxy) is 2. The molecule has 1 aliphatic rings. The van der Waals surface area contributed by atoms with Gasteiger partial charge in [-0.1, -0.05) is 18.2 Å². The molecule has 0 aromatic heterocycles. The lowest BCUT2D eigenvalue weighted by molar-refractivity contribution is -0.00683. The van der Waals surface area contributed by atoms with Crippen LogP contribution in [0, 0.1) is 0 Å². The van der Waals surface area contributed by atoms with Gasteiger partial charge in [0.15, 0.2) is 5.96 Å². The van der Waals surface area contributed by atoms with Crippen molar-refractivity contribution in [2.45, 2.75) is 32.7 Å². The van der Waals surface area contributed by atoms with Crippen LogP contribution in [0.1, 0.15) is 27.2 Å². The van der Waals surface area contributed by atoms with Gasteiger partial charge in [0, 0.05) is 31.7 Å². The quantitative estimate of drug-likeness (QED) is 0.241. The molecule has 6 nitrogen and oxygen atoms in total. The van der Waals surface area contributed by atoms with E-state index in [1.54, 1.807) is 0 Å². The van der Waals surface area contributed by atoms with Gasteiger partial charge in [0.25, 0.3) is 0 Å². The number of rotatable bonds is 9. The van der Waals surface area contributed by atoms with E-state index in [2.05, 4.69) is 36.3 Å². The second-order valence-electron chi connectivity index (χ2n) is 7.05. The molecule has 1 aromatic rings. The van der Waals surface area contributed by atoms with Crippen molar-refractivity contribution in [1.82, 2.24) is 15.5 Å². The van der Waals surface area contributed by atoms with E-state index in [4.69, 9.17) is 14.5 Å². The maximum Gasteiger partial charge on any atom is 0.191 e. The number of benzene rings is 1. The molecule has 27 heavy (non-hydrogen) atoms. The summed E-state index contributed by atoms with van der Waals surface area (Å²) in [5.74, 6) is 1.79. The second kappa shape index (κ2) is 13.2. The Labute approximate surface area is 181 Å². The van der Waals surface area contributed by atoms with E-state index in [0.29, 0.717) is 6.61 Å². The molecule has 1 aliphatic heterocycles. The highest BCUT2D eigenvalue weighted by Crippen LogP contribution is 2.16. The summed E-state index contributed by atoms with van der Waals surface area (Å²) in [7, 11) is 0. The lowest BCUT2D eigenvalue weighted by Crippen LogP contribution is -2.52. The van der Waals surface area contributed by atoms with E-state index in [9.17, 15) is 0 Å². The Balaban J connectivity index is 0.00000364. The van der Waals surface area contributed by atoms with Crippen LogP contribution in [0.5, 0.6) is 5.75 Å². The van der Waals surface area contributed by atoms with Crippen LogP contribution >= 0.6 is 24.0 Å². The van der Waals surface area contributed by atoms with Gasteiger partial charge in [-0.15, -0.1) is 24.0 Å². The normalized spacial score (nSPS) is 15.7. The highest BCUT2D eigenvalue weighted by Gasteiger charge is 2.27. The van der Waals surface area contributed by atoms with Crippen molar-refractivity contribution in [3.8, 4) is 5.75 Å². The van der Waals surface area contributed by atoms with Crippen LogP contribution in [0.15, 0.2) is 35.3 Å². The van der Waals surface area contributed by atoms with Gasteiger partial charge in [0.2, 0.25) is 0 Å². The first-order valence-electron chi connectivity index (χ1n) is 9.64. The van der Waals surface area contributed by atoms with Crippen LogP contribution < -0.4 is 15.4 Å². The molecule has 1 saturated heterocycles. The number of halogens is 1. The van der Waals surface area contributed by atoms with E-state index < -0.39 is 0 Å². The summed E-state index contributed by atoms with van der Waals surface area (Å²) in [5, 5.41) is 6.72. The molecular weight excluding hydrogens is 455 g/mol. The highest BCUT2D eigenvalue weighted by molar-refractivity contribution is 14.0. The summed E-state index contributed by atoms with van der Waals surface area (Å²) < 4.78 is 11.2. The fraction of sp³-hybridized carbons (Fsp3) is 0.650. The first kappa shape index (κ1) is 24.0. The predicted octanol–water partition coefficient (Wildman–Crippen LogP) is 2.74. The Hall–Kier alpha value is -1.06. The third kappa shape index (κ3) is 9.12. The van der Waals surface area contributed by atoms with Crippen LogP contribution in [0.3, 0.4) is 0 Å². The number of hydrogen-bond acceptors (Lipinski definition) is 4. The molecule has 0 unspecified atom stereocenters. The number of nitrogens with one attached hydrogen (secondary N) is 2. The maximum atomic E-state index is 5.72. The minimum Gasteiger partial charge on any atom is -0.494 e. The average Bonchev–Trinajstić information content (AvgIpc) is 2.67. The summed E-state index contributed by atoms with van der Waals surface area (Å²) in [5.41, 5.74) is 0.0303. The van der Waals surface area contributed by atoms with Crippen LogP contribution in [0.4, 0.5) is 0 Å². The van der Waals surface area contributed by atoms with Crippen LogP contribution in [-0.2, 0) is 4.74 Å². The minimum atomic E-state index is 0. The summed E-state index contributed by atoms with van der Waals surface area (Å²) >= 11 is 0. The predicted molar refractivity (Wildman–Crippen MR) is 122 cm³/mol. The molecule has 0 amide bonds. The van der Waals surface area contributed by atoms with Crippen molar-refractivity contribution < 1.29 is 9.47 Å². The number of hydrogen-bond donors (Lipinski definition) is 2. The van der Waals surface area contributed by atoms with E-state index in [0.717, 1.165) is 64.1 Å². The van der Waals surface area contributed by atoms with Gasteiger partial charge in [-0.3, -0.25) is 9.89 Å². The van der Waals surface area contributed by atoms with Crippen LogP contribution in [0.25, 0.3) is 0 Å². The molecule has 0 aliphatic carbocycles. The van der Waals surface area contributed by atoms with Gasteiger partial charge in [-0.25, -0.2) is 0 Å². The number of morpholine rings is 1.